The Balaban J connectivity index is 0.000000453. The summed E-state index contributed by atoms with van der Waals surface area (Å²) >= 11 is 0. The van der Waals surface area contributed by atoms with Crippen LogP contribution in [0.2, 0.25) is 0 Å². The number of benzene rings is 1. The van der Waals surface area contributed by atoms with Gasteiger partial charge in [-0.15, -0.1) is 0 Å². The maximum Gasteiger partial charge on any atom is 0.508 e. The molecule has 0 saturated heterocycles. The van der Waals surface area contributed by atoms with Gasteiger partial charge < -0.3 is 19.7 Å². The van der Waals surface area contributed by atoms with Crippen LogP contribution >= 0.6 is 0 Å². The molecule has 1 heterocycles. The van der Waals surface area contributed by atoms with Crippen LogP contribution < -0.4 is 5.73 Å². The summed E-state index contributed by atoms with van der Waals surface area (Å²) in [4.78, 5) is 14.9. The highest BCUT2D eigenvalue weighted by Crippen LogP contribution is 2.08. The number of nitrogens with two attached hydrogens (primary N) is 1. The SMILES string of the molecule is CC[N+](CC)(CC)CCOC(=O)OC.CN.c1ccc2ncccc2c1. The minimum atomic E-state index is -0.591. The highest BCUT2D eigenvalue weighted by Gasteiger charge is 2.20. The molecule has 0 fully saturated rings. The molecule has 26 heavy (non-hydrogen) atoms. The second-order valence-corrected chi connectivity index (χ2v) is 5.51. The minimum absolute atomic E-state index is 0.433. The van der Waals surface area contributed by atoms with Crippen molar-refractivity contribution in [2.24, 2.45) is 5.73 Å². The first-order valence-corrected chi connectivity index (χ1v) is 9.04. The van der Waals surface area contributed by atoms with Gasteiger partial charge in [0.15, 0.2) is 0 Å². The molecular weight excluding hydrogens is 330 g/mol. The van der Waals surface area contributed by atoms with Crippen LogP contribution in [-0.4, -0.2) is 62.6 Å². The molecular formula is C20H34N3O3+. The van der Waals surface area contributed by atoms with E-state index in [1.165, 1.54) is 19.5 Å². The second-order valence-electron chi connectivity index (χ2n) is 5.51. The Morgan fingerprint density at radius 1 is 1.04 bits per heavy atom. The molecule has 0 spiro atoms. The van der Waals surface area contributed by atoms with Crippen molar-refractivity contribution in [3.8, 4) is 0 Å². The van der Waals surface area contributed by atoms with E-state index in [9.17, 15) is 4.79 Å². The normalized spacial score (nSPS) is 10.1. The average Bonchev–Trinajstić information content (AvgIpc) is 2.73. The number of hydrogen-bond acceptors (Lipinski definition) is 5. The molecule has 0 amide bonds. The molecule has 0 aliphatic heterocycles. The third-order valence-corrected chi connectivity index (χ3v) is 4.48. The Kier molecular flexibility index (Phi) is 12.9. The number of carbonyl (C=O) groups is 1. The molecule has 0 aliphatic carbocycles. The summed E-state index contributed by atoms with van der Waals surface area (Å²) in [5.41, 5.74) is 5.56. The summed E-state index contributed by atoms with van der Waals surface area (Å²) in [6.45, 7) is 11.0. The fourth-order valence-corrected chi connectivity index (χ4v) is 2.54. The number of aromatic nitrogens is 1. The molecule has 146 valence electrons. The number of quaternary nitrogens is 1. The van der Waals surface area contributed by atoms with Gasteiger partial charge in [0.2, 0.25) is 0 Å². The fourth-order valence-electron chi connectivity index (χ4n) is 2.54. The molecule has 2 aromatic rings. The monoisotopic (exact) mass is 364 g/mol. The van der Waals surface area contributed by atoms with E-state index >= 15 is 0 Å². The highest BCUT2D eigenvalue weighted by atomic mass is 16.7. The van der Waals surface area contributed by atoms with Gasteiger partial charge >= 0.3 is 6.16 Å². The molecule has 0 aliphatic rings. The lowest BCUT2D eigenvalue weighted by Gasteiger charge is -2.35. The van der Waals surface area contributed by atoms with E-state index in [4.69, 9.17) is 4.74 Å². The number of fused-ring (bicyclic) bond motifs is 1. The number of ether oxygens (including phenoxy) is 2. The van der Waals surface area contributed by atoms with E-state index in [1.807, 2.05) is 30.5 Å². The molecule has 0 unspecified atom stereocenters. The number of rotatable bonds is 6. The predicted octanol–water partition coefficient (Wildman–Crippen LogP) is 3.46. The Morgan fingerprint density at radius 2 is 1.62 bits per heavy atom. The first-order valence-electron chi connectivity index (χ1n) is 9.04. The summed E-state index contributed by atoms with van der Waals surface area (Å²) in [6, 6.07) is 12.1. The molecule has 1 aromatic carbocycles. The smallest absolute Gasteiger partial charge is 0.438 e. The van der Waals surface area contributed by atoms with Gasteiger partial charge in [-0.2, -0.15) is 0 Å². The van der Waals surface area contributed by atoms with Gasteiger partial charge in [0.05, 0.1) is 32.3 Å². The van der Waals surface area contributed by atoms with E-state index < -0.39 is 6.16 Å². The molecule has 6 heteroatoms. The maximum atomic E-state index is 10.7. The number of methoxy groups -OCH3 is 1. The van der Waals surface area contributed by atoms with Crippen molar-refractivity contribution >= 4 is 17.1 Å². The van der Waals surface area contributed by atoms with E-state index in [1.54, 1.807) is 0 Å². The number of pyridine rings is 1. The molecule has 0 saturated carbocycles. The molecule has 0 atom stereocenters. The third-order valence-electron chi connectivity index (χ3n) is 4.48. The Hall–Kier alpha value is -2.18. The number of nitrogens with zero attached hydrogens (tertiary/aromatic N) is 2. The van der Waals surface area contributed by atoms with E-state index in [-0.39, 0.29) is 0 Å². The van der Waals surface area contributed by atoms with Crippen molar-refractivity contribution < 1.29 is 18.8 Å². The van der Waals surface area contributed by atoms with Gasteiger partial charge in [-0.25, -0.2) is 4.79 Å². The Bertz CT molecular complexity index is 542. The minimum Gasteiger partial charge on any atom is -0.438 e. The van der Waals surface area contributed by atoms with Crippen molar-refractivity contribution in [1.29, 1.82) is 0 Å². The predicted molar refractivity (Wildman–Crippen MR) is 107 cm³/mol. The zero-order valence-corrected chi connectivity index (χ0v) is 16.8. The van der Waals surface area contributed by atoms with E-state index in [0.717, 1.165) is 36.2 Å². The van der Waals surface area contributed by atoms with E-state index in [2.05, 4.69) is 48.4 Å². The summed E-state index contributed by atoms with van der Waals surface area (Å²) in [6.07, 6.45) is 1.22. The number of carbonyl (C=O) groups excluding carboxylic acids is 1. The van der Waals surface area contributed by atoms with Crippen LogP contribution in [0.5, 0.6) is 0 Å². The average molecular weight is 365 g/mol. The standard InChI is InChI=1S/C10H22NO3.C9H7N.CH5N/c1-5-11(6-2,7-3)8-9-14-10(12)13-4;1-2-6-9-8(4-1)5-3-7-10-9;1-2/h5-9H2,1-4H3;1-7H;2H2,1H3/q+1;;. The molecule has 6 nitrogen and oxygen atoms in total. The third kappa shape index (κ3) is 8.27. The first kappa shape index (κ1) is 23.8. The Morgan fingerprint density at radius 3 is 2.15 bits per heavy atom. The van der Waals surface area contributed by atoms with Gasteiger partial charge in [-0.3, -0.25) is 4.98 Å². The lowest BCUT2D eigenvalue weighted by Crippen LogP contribution is -2.49. The van der Waals surface area contributed by atoms with Gasteiger partial charge in [0.25, 0.3) is 0 Å². The zero-order valence-electron chi connectivity index (χ0n) is 16.8. The summed E-state index contributed by atoms with van der Waals surface area (Å²) in [7, 11) is 2.82. The molecule has 2 N–H and O–H groups in total. The highest BCUT2D eigenvalue weighted by molar-refractivity contribution is 5.77. The summed E-state index contributed by atoms with van der Waals surface area (Å²) in [5.74, 6) is 0. The van der Waals surface area contributed by atoms with Crippen molar-refractivity contribution in [3.63, 3.8) is 0 Å². The first-order chi connectivity index (χ1) is 12.6. The lowest BCUT2D eigenvalue weighted by atomic mass is 10.2. The zero-order chi connectivity index (χ0) is 19.8. The van der Waals surface area contributed by atoms with Gasteiger partial charge in [0, 0.05) is 11.6 Å². The molecule has 0 radical (unpaired) electrons. The van der Waals surface area contributed by atoms with Crippen molar-refractivity contribution in [3.05, 3.63) is 42.6 Å². The topological polar surface area (TPSA) is 74.4 Å². The fraction of sp³-hybridized carbons (Fsp3) is 0.500. The summed E-state index contributed by atoms with van der Waals surface area (Å²) in [5, 5.41) is 1.20. The number of likely N-dealkylation sites (N-methyl/N-ethyl adjacent to an activating group) is 1. The summed E-state index contributed by atoms with van der Waals surface area (Å²) < 4.78 is 10.3. The van der Waals surface area contributed by atoms with Gasteiger partial charge in [-0.05, 0) is 40.0 Å². The largest absolute Gasteiger partial charge is 0.508 e. The van der Waals surface area contributed by atoms with Crippen molar-refractivity contribution in [1.82, 2.24) is 4.98 Å². The van der Waals surface area contributed by atoms with Crippen LogP contribution in [0.15, 0.2) is 42.6 Å². The van der Waals surface area contributed by atoms with Crippen molar-refractivity contribution in [2.75, 3.05) is 46.9 Å². The lowest BCUT2D eigenvalue weighted by molar-refractivity contribution is -0.923. The van der Waals surface area contributed by atoms with Crippen LogP contribution in [0.1, 0.15) is 20.8 Å². The van der Waals surface area contributed by atoms with Gasteiger partial charge in [0.1, 0.15) is 13.2 Å². The van der Waals surface area contributed by atoms with Crippen LogP contribution in [0, 0.1) is 0 Å². The van der Waals surface area contributed by atoms with Gasteiger partial charge in [-0.1, -0.05) is 24.3 Å². The van der Waals surface area contributed by atoms with Crippen molar-refractivity contribution in [2.45, 2.75) is 20.8 Å². The number of para-hydroxylation sites is 1. The quantitative estimate of drug-likeness (QED) is 0.628. The molecule has 0 bridgehead atoms. The molecule has 2 rings (SSSR count). The van der Waals surface area contributed by atoms with E-state index in [0.29, 0.717) is 6.61 Å². The van der Waals surface area contributed by atoms with Crippen LogP contribution in [0.25, 0.3) is 10.9 Å². The van der Waals surface area contributed by atoms with Crippen LogP contribution in [-0.2, 0) is 9.47 Å². The number of hydrogen-bond donors (Lipinski definition) is 1. The van der Waals surface area contributed by atoms with Crippen LogP contribution in [0.4, 0.5) is 4.79 Å². The second kappa shape index (κ2) is 14.0. The van der Waals surface area contributed by atoms with Crippen LogP contribution in [0.3, 0.4) is 0 Å². The Labute approximate surface area is 157 Å². The maximum absolute atomic E-state index is 10.7. The molecule has 1 aromatic heterocycles.